The summed E-state index contributed by atoms with van der Waals surface area (Å²) >= 11 is 0. The number of ketones is 1. The fraction of sp³-hybridized carbons (Fsp3) is 0.440. The first-order valence-corrected chi connectivity index (χ1v) is 10.7. The molecule has 158 valence electrons. The van der Waals surface area contributed by atoms with Gasteiger partial charge < -0.3 is 14.4 Å². The number of nitrogens with zero attached hydrogens (tertiary/aromatic N) is 1. The van der Waals surface area contributed by atoms with Gasteiger partial charge in [0.1, 0.15) is 17.1 Å². The van der Waals surface area contributed by atoms with Gasteiger partial charge in [0.05, 0.1) is 12.0 Å². The minimum absolute atomic E-state index is 0.0275. The van der Waals surface area contributed by atoms with Gasteiger partial charge in [-0.05, 0) is 42.7 Å². The number of para-hydroxylation sites is 1. The number of piperidine rings is 1. The lowest BCUT2D eigenvalue weighted by atomic mass is 9.82. The van der Waals surface area contributed by atoms with Crippen molar-refractivity contribution in [3.05, 3.63) is 59.7 Å². The van der Waals surface area contributed by atoms with E-state index >= 15 is 0 Å². The average Bonchev–Trinajstić information content (AvgIpc) is 2.74. The van der Waals surface area contributed by atoms with Crippen LogP contribution in [0.1, 0.15) is 61.9 Å². The summed E-state index contributed by atoms with van der Waals surface area (Å²) in [5.74, 6) is 1.92. The Morgan fingerprint density at radius 3 is 2.37 bits per heavy atom. The second-order valence-electron chi connectivity index (χ2n) is 8.69. The summed E-state index contributed by atoms with van der Waals surface area (Å²) < 4.78 is 12.1. The lowest BCUT2D eigenvalue weighted by molar-refractivity contribution is -0.141. The highest BCUT2D eigenvalue weighted by Crippen LogP contribution is 2.39. The van der Waals surface area contributed by atoms with Crippen LogP contribution < -0.4 is 9.47 Å². The first-order valence-electron chi connectivity index (χ1n) is 10.7. The van der Waals surface area contributed by atoms with Crippen LogP contribution in [0.2, 0.25) is 0 Å². The zero-order chi connectivity index (χ0) is 21.3. The molecule has 2 heterocycles. The number of carbonyl (C=O) groups excluding carboxylic acids is 2. The van der Waals surface area contributed by atoms with Crippen molar-refractivity contribution in [1.82, 2.24) is 4.90 Å². The molecule has 1 amide bonds. The first kappa shape index (κ1) is 20.5. The Labute approximate surface area is 178 Å². The number of fused-ring (bicyclic) bond motifs is 1. The maximum Gasteiger partial charge on any atom is 0.263 e. The normalized spacial score (nSPS) is 18.7. The number of amides is 1. The number of likely N-dealkylation sites (tertiary alicyclic amines) is 1. The van der Waals surface area contributed by atoms with E-state index < -0.39 is 11.7 Å². The van der Waals surface area contributed by atoms with Crippen LogP contribution in [-0.4, -0.2) is 41.4 Å². The fourth-order valence-electron chi connectivity index (χ4n) is 4.30. The Bertz CT molecular complexity index is 926. The molecule has 4 rings (SSSR count). The Hall–Kier alpha value is -2.82. The maximum absolute atomic E-state index is 12.9. The molecular formula is C25H29NO4. The lowest BCUT2D eigenvalue weighted by Crippen LogP contribution is -2.54. The monoisotopic (exact) mass is 407 g/mol. The van der Waals surface area contributed by atoms with Crippen molar-refractivity contribution in [2.45, 2.75) is 57.7 Å². The minimum atomic E-state index is -0.557. The van der Waals surface area contributed by atoms with Gasteiger partial charge in [0.15, 0.2) is 11.9 Å². The lowest BCUT2D eigenvalue weighted by Gasteiger charge is -2.44. The van der Waals surface area contributed by atoms with Gasteiger partial charge in [-0.2, -0.15) is 0 Å². The molecule has 1 saturated heterocycles. The number of benzene rings is 2. The number of hydrogen-bond acceptors (Lipinski definition) is 4. The summed E-state index contributed by atoms with van der Waals surface area (Å²) in [6.45, 7) is 7.21. The summed E-state index contributed by atoms with van der Waals surface area (Å²) in [5, 5.41) is 0. The topological polar surface area (TPSA) is 55.8 Å². The standard InChI is InChI=1S/C25H29NO4/c1-17(2)19-8-10-20(11-9-19)29-18(3)24(28)26-14-12-25(13-15-26)16-22(27)21-6-4-5-7-23(21)30-25/h4-11,17-18H,12-16H2,1-3H3. The molecule has 2 aliphatic rings. The molecule has 1 unspecified atom stereocenters. The second-order valence-corrected chi connectivity index (χ2v) is 8.69. The fourth-order valence-corrected chi connectivity index (χ4v) is 4.30. The average molecular weight is 408 g/mol. The van der Waals surface area contributed by atoms with E-state index in [1.165, 1.54) is 5.56 Å². The molecule has 1 spiro atoms. The first-order chi connectivity index (χ1) is 14.4. The molecule has 5 nitrogen and oxygen atoms in total. The molecule has 0 radical (unpaired) electrons. The predicted molar refractivity (Wildman–Crippen MR) is 115 cm³/mol. The van der Waals surface area contributed by atoms with Crippen molar-refractivity contribution in [2.24, 2.45) is 0 Å². The van der Waals surface area contributed by atoms with Crippen LogP contribution in [0.15, 0.2) is 48.5 Å². The Kier molecular flexibility index (Phi) is 5.54. The molecule has 0 aromatic heterocycles. The van der Waals surface area contributed by atoms with Gasteiger partial charge in [-0.1, -0.05) is 38.1 Å². The Balaban J connectivity index is 1.36. The maximum atomic E-state index is 12.9. The van der Waals surface area contributed by atoms with E-state index in [9.17, 15) is 9.59 Å². The third kappa shape index (κ3) is 4.07. The molecule has 0 bridgehead atoms. The molecule has 0 N–H and O–H groups in total. The van der Waals surface area contributed by atoms with E-state index in [-0.39, 0.29) is 11.7 Å². The summed E-state index contributed by atoms with van der Waals surface area (Å²) in [6.07, 6.45) is 1.11. The van der Waals surface area contributed by atoms with Crippen LogP contribution in [0.4, 0.5) is 0 Å². The van der Waals surface area contributed by atoms with Crippen LogP contribution >= 0.6 is 0 Å². The van der Waals surface area contributed by atoms with Gasteiger partial charge >= 0.3 is 0 Å². The molecule has 1 fully saturated rings. The van der Waals surface area contributed by atoms with Crippen LogP contribution in [0, 0.1) is 0 Å². The predicted octanol–water partition coefficient (Wildman–Crippen LogP) is 4.60. The highest BCUT2D eigenvalue weighted by molar-refractivity contribution is 6.00. The van der Waals surface area contributed by atoms with E-state index in [1.807, 2.05) is 53.4 Å². The Morgan fingerprint density at radius 2 is 1.70 bits per heavy atom. The van der Waals surface area contributed by atoms with E-state index in [0.29, 0.717) is 55.3 Å². The Morgan fingerprint density at radius 1 is 1.03 bits per heavy atom. The molecule has 0 saturated carbocycles. The van der Waals surface area contributed by atoms with E-state index in [0.717, 1.165) is 0 Å². The SMILES string of the molecule is CC(Oc1ccc(C(C)C)cc1)C(=O)N1CCC2(CC1)CC(=O)c1ccccc1O2. The third-order valence-electron chi connectivity index (χ3n) is 6.19. The number of carbonyl (C=O) groups is 2. The molecule has 2 aromatic carbocycles. The van der Waals surface area contributed by atoms with Gasteiger partial charge in [-0.25, -0.2) is 0 Å². The van der Waals surface area contributed by atoms with Crippen LogP contribution in [0.3, 0.4) is 0 Å². The molecule has 2 aliphatic heterocycles. The van der Waals surface area contributed by atoms with Gasteiger partial charge in [0.25, 0.3) is 5.91 Å². The highest BCUT2D eigenvalue weighted by Gasteiger charge is 2.44. The molecular weight excluding hydrogens is 378 g/mol. The molecule has 30 heavy (non-hydrogen) atoms. The van der Waals surface area contributed by atoms with Crippen molar-refractivity contribution in [1.29, 1.82) is 0 Å². The second kappa shape index (κ2) is 8.13. The quantitative estimate of drug-likeness (QED) is 0.743. The minimum Gasteiger partial charge on any atom is -0.486 e. The zero-order valence-electron chi connectivity index (χ0n) is 17.9. The summed E-state index contributed by atoms with van der Waals surface area (Å²) in [6, 6.07) is 15.3. The van der Waals surface area contributed by atoms with Crippen molar-refractivity contribution in [3.8, 4) is 11.5 Å². The van der Waals surface area contributed by atoms with Crippen LogP contribution in [0.5, 0.6) is 11.5 Å². The van der Waals surface area contributed by atoms with Gasteiger partial charge in [-0.15, -0.1) is 0 Å². The number of hydrogen-bond donors (Lipinski definition) is 0. The molecule has 0 aliphatic carbocycles. The molecule has 5 heteroatoms. The van der Waals surface area contributed by atoms with Crippen molar-refractivity contribution < 1.29 is 19.1 Å². The van der Waals surface area contributed by atoms with Gasteiger partial charge in [0.2, 0.25) is 0 Å². The number of Topliss-reactive ketones (excluding diaryl/α,β-unsaturated/α-hetero) is 1. The van der Waals surface area contributed by atoms with Gasteiger partial charge in [-0.3, -0.25) is 9.59 Å². The van der Waals surface area contributed by atoms with E-state index in [1.54, 1.807) is 6.92 Å². The van der Waals surface area contributed by atoms with Crippen molar-refractivity contribution in [2.75, 3.05) is 13.1 Å². The molecule has 1 atom stereocenters. The number of ether oxygens (including phenoxy) is 2. The van der Waals surface area contributed by atoms with Crippen LogP contribution in [-0.2, 0) is 4.79 Å². The van der Waals surface area contributed by atoms with Crippen molar-refractivity contribution >= 4 is 11.7 Å². The largest absolute Gasteiger partial charge is 0.486 e. The summed E-state index contributed by atoms with van der Waals surface area (Å²) in [7, 11) is 0. The van der Waals surface area contributed by atoms with Crippen molar-refractivity contribution in [3.63, 3.8) is 0 Å². The van der Waals surface area contributed by atoms with Crippen LogP contribution in [0.25, 0.3) is 0 Å². The van der Waals surface area contributed by atoms with Gasteiger partial charge in [0, 0.05) is 25.9 Å². The van der Waals surface area contributed by atoms with E-state index in [4.69, 9.17) is 9.47 Å². The summed E-state index contributed by atoms with van der Waals surface area (Å²) in [5.41, 5.74) is 1.40. The smallest absolute Gasteiger partial charge is 0.263 e. The highest BCUT2D eigenvalue weighted by atomic mass is 16.5. The summed E-state index contributed by atoms with van der Waals surface area (Å²) in [4.78, 5) is 27.3. The third-order valence-corrected chi connectivity index (χ3v) is 6.19. The number of rotatable bonds is 4. The van der Waals surface area contributed by atoms with E-state index in [2.05, 4.69) is 13.8 Å². The zero-order valence-corrected chi connectivity index (χ0v) is 17.9. The molecule has 2 aromatic rings.